The Bertz CT molecular complexity index is 1100. The van der Waals surface area contributed by atoms with E-state index in [-0.39, 0.29) is 22.6 Å². The van der Waals surface area contributed by atoms with E-state index in [1.54, 1.807) is 19.1 Å². The van der Waals surface area contributed by atoms with Crippen molar-refractivity contribution in [2.75, 3.05) is 11.0 Å². The van der Waals surface area contributed by atoms with Gasteiger partial charge in [0.15, 0.2) is 0 Å². The molecule has 2 aromatic carbocycles. The van der Waals surface area contributed by atoms with Crippen molar-refractivity contribution in [1.29, 1.82) is 0 Å². The second kappa shape index (κ2) is 9.47. The molecule has 0 spiro atoms. The van der Waals surface area contributed by atoms with Gasteiger partial charge in [-0.05, 0) is 47.2 Å². The van der Waals surface area contributed by atoms with Crippen molar-refractivity contribution in [2.24, 2.45) is 0 Å². The Hall–Kier alpha value is -2.93. The zero-order chi connectivity index (χ0) is 23.4. The number of carbonyl (C=O) groups excluding carboxylic acids is 1. The molecule has 0 fully saturated rings. The molecular formula is C24H29FN2O3S. The molecule has 2 aromatic rings. The molecule has 1 atom stereocenters. The fraction of sp³-hybridized carbons (Fsp3) is 0.292. The summed E-state index contributed by atoms with van der Waals surface area (Å²) >= 11 is 0. The minimum absolute atomic E-state index is 0.0565. The van der Waals surface area contributed by atoms with E-state index < -0.39 is 21.9 Å². The van der Waals surface area contributed by atoms with Crippen molar-refractivity contribution in [2.45, 2.75) is 39.2 Å². The van der Waals surface area contributed by atoms with Gasteiger partial charge < -0.3 is 5.32 Å². The van der Waals surface area contributed by atoms with Crippen molar-refractivity contribution >= 4 is 33.8 Å². The van der Waals surface area contributed by atoms with Crippen molar-refractivity contribution < 1.29 is 17.6 Å². The van der Waals surface area contributed by atoms with Gasteiger partial charge in [0.25, 0.3) is 0 Å². The molecule has 0 saturated heterocycles. The van der Waals surface area contributed by atoms with Crippen LogP contribution in [-0.4, -0.2) is 20.6 Å². The number of benzene rings is 2. The van der Waals surface area contributed by atoms with Gasteiger partial charge in [0.05, 0.1) is 18.0 Å². The number of hydrogen-bond acceptors (Lipinski definition) is 3. The summed E-state index contributed by atoms with van der Waals surface area (Å²) in [7, 11) is -3.65. The van der Waals surface area contributed by atoms with Crippen LogP contribution in [0.25, 0.3) is 12.2 Å². The van der Waals surface area contributed by atoms with Gasteiger partial charge in [-0.25, -0.2) is 12.8 Å². The molecule has 7 heteroatoms. The van der Waals surface area contributed by atoms with E-state index in [2.05, 4.69) is 37.4 Å². The summed E-state index contributed by atoms with van der Waals surface area (Å²) < 4.78 is 39.6. The second-order valence-corrected chi connectivity index (χ2v) is 10.2. The fourth-order valence-corrected chi connectivity index (χ4v) is 3.55. The van der Waals surface area contributed by atoms with Crippen LogP contribution in [-0.2, 0) is 20.2 Å². The first kappa shape index (κ1) is 24.3. The molecule has 1 amide bonds. The van der Waals surface area contributed by atoms with Crippen LogP contribution in [0.4, 0.5) is 10.1 Å². The predicted molar refractivity (Wildman–Crippen MR) is 126 cm³/mol. The van der Waals surface area contributed by atoms with Gasteiger partial charge >= 0.3 is 0 Å². The second-order valence-electron chi connectivity index (χ2n) is 8.48. The predicted octanol–water partition coefficient (Wildman–Crippen LogP) is 5.03. The molecule has 2 rings (SSSR count). The maximum absolute atomic E-state index is 14.5. The van der Waals surface area contributed by atoms with Crippen molar-refractivity contribution in [3.63, 3.8) is 0 Å². The number of sulfonamides is 1. The summed E-state index contributed by atoms with van der Waals surface area (Å²) in [5, 5.41) is 2.78. The molecule has 31 heavy (non-hydrogen) atoms. The highest BCUT2D eigenvalue weighted by Gasteiger charge is 2.17. The molecule has 0 bridgehead atoms. The van der Waals surface area contributed by atoms with Crippen LogP contribution in [0.3, 0.4) is 0 Å². The molecule has 0 saturated carbocycles. The molecular weight excluding hydrogens is 415 g/mol. The van der Waals surface area contributed by atoms with Gasteiger partial charge in [-0.2, -0.15) is 0 Å². The Kier molecular flexibility index (Phi) is 7.44. The molecule has 2 N–H and O–H groups in total. The highest BCUT2D eigenvalue weighted by atomic mass is 32.2. The van der Waals surface area contributed by atoms with Crippen molar-refractivity contribution in [1.82, 2.24) is 5.32 Å². The van der Waals surface area contributed by atoms with Crippen molar-refractivity contribution in [3.05, 3.63) is 77.1 Å². The van der Waals surface area contributed by atoms with E-state index in [4.69, 9.17) is 0 Å². The summed E-state index contributed by atoms with van der Waals surface area (Å²) in [6, 6.07) is 10.3. The first-order chi connectivity index (χ1) is 14.3. The van der Waals surface area contributed by atoms with Crippen LogP contribution in [0, 0.1) is 5.82 Å². The lowest BCUT2D eigenvalue weighted by molar-refractivity contribution is -0.117. The molecule has 0 heterocycles. The Morgan fingerprint density at radius 2 is 1.77 bits per heavy atom. The third-order valence-electron chi connectivity index (χ3n) is 4.71. The van der Waals surface area contributed by atoms with Crippen LogP contribution in [0.5, 0.6) is 0 Å². The van der Waals surface area contributed by atoms with Gasteiger partial charge in [-0.15, -0.1) is 0 Å². The Balaban J connectivity index is 2.13. The van der Waals surface area contributed by atoms with Gasteiger partial charge in [0.2, 0.25) is 15.9 Å². The van der Waals surface area contributed by atoms with E-state index in [1.165, 1.54) is 23.8 Å². The first-order valence-electron chi connectivity index (χ1n) is 9.83. The molecule has 1 unspecified atom stereocenters. The standard InChI is InChI=1S/C24H29FN2O3S/c1-7-18-14-19(15-21(25)23(18)27-31(6,29)30)16(2)26-22(28)13-10-17-8-11-20(12-9-17)24(3,4)5/h7-16,27H,1H2,2-6H3,(H,26,28)/b13-10+. The third kappa shape index (κ3) is 7.07. The summed E-state index contributed by atoms with van der Waals surface area (Å²) in [4.78, 5) is 12.3. The van der Waals surface area contributed by atoms with Gasteiger partial charge in [-0.3, -0.25) is 9.52 Å². The van der Waals surface area contributed by atoms with Crippen molar-refractivity contribution in [3.8, 4) is 0 Å². The lowest BCUT2D eigenvalue weighted by Crippen LogP contribution is -2.25. The maximum Gasteiger partial charge on any atom is 0.244 e. The van der Waals surface area contributed by atoms with Gasteiger partial charge in [0, 0.05) is 11.6 Å². The minimum atomic E-state index is -3.65. The largest absolute Gasteiger partial charge is 0.346 e. The maximum atomic E-state index is 14.5. The lowest BCUT2D eigenvalue weighted by atomic mass is 9.87. The molecule has 0 aromatic heterocycles. The Labute approximate surface area is 184 Å². The number of rotatable bonds is 7. The molecule has 0 aliphatic heterocycles. The van der Waals surface area contributed by atoms with E-state index >= 15 is 0 Å². The van der Waals surface area contributed by atoms with E-state index in [1.807, 2.05) is 24.3 Å². The smallest absolute Gasteiger partial charge is 0.244 e. The highest BCUT2D eigenvalue weighted by molar-refractivity contribution is 7.92. The summed E-state index contributed by atoms with van der Waals surface area (Å²) in [5.74, 6) is -1.07. The quantitative estimate of drug-likeness (QED) is 0.588. The molecule has 0 radical (unpaired) electrons. The van der Waals surface area contributed by atoms with Crippen LogP contribution in [0.15, 0.2) is 49.1 Å². The highest BCUT2D eigenvalue weighted by Crippen LogP contribution is 2.27. The topological polar surface area (TPSA) is 75.3 Å². The minimum Gasteiger partial charge on any atom is -0.346 e. The molecule has 0 aliphatic rings. The number of hydrogen-bond donors (Lipinski definition) is 2. The average Bonchev–Trinajstić information content (AvgIpc) is 2.66. The third-order valence-corrected chi connectivity index (χ3v) is 5.29. The van der Waals surface area contributed by atoms with E-state index in [9.17, 15) is 17.6 Å². The number of nitrogens with one attached hydrogen (secondary N) is 2. The molecule has 5 nitrogen and oxygen atoms in total. The van der Waals surface area contributed by atoms with Crippen LogP contribution in [0.1, 0.15) is 56.0 Å². The zero-order valence-electron chi connectivity index (χ0n) is 18.5. The SMILES string of the molecule is C=Cc1cc(C(C)NC(=O)/C=C/c2ccc(C(C)(C)C)cc2)cc(F)c1NS(C)(=O)=O. The van der Waals surface area contributed by atoms with E-state index in [0.717, 1.165) is 11.8 Å². The average molecular weight is 445 g/mol. The Morgan fingerprint density at radius 3 is 2.29 bits per heavy atom. The molecule has 166 valence electrons. The fourth-order valence-electron chi connectivity index (χ4n) is 2.96. The first-order valence-corrected chi connectivity index (χ1v) is 11.7. The zero-order valence-corrected chi connectivity index (χ0v) is 19.3. The van der Waals surface area contributed by atoms with Gasteiger partial charge in [-0.1, -0.05) is 57.7 Å². The number of halogens is 1. The van der Waals surface area contributed by atoms with Crippen LogP contribution < -0.4 is 10.0 Å². The number of anilines is 1. The normalized spacial score (nSPS) is 13.1. The number of carbonyl (C=O) groups is 1. The number of amides is 1. The summed E-state index contributed by atoms with van der Waals surface area (Å²) in [6.07, 6.45) is 5.44. The summed E-state index contributed by atoms with van der Waals surface area (Å²) in [6.45, 7) is 11.7. The summed E-state index contributed by atoms with van der Waals surface area (Å²) in [5.41, 5.74) is 2.77. The molecule has 0 aliphatic carbocycles. The van der Waals surface area contributed by atoms with Crippen LogP contribution >= 0.6 is 0 Å². The Morgan fingerprint density at radius 1 is 1.16 bits per heavy atom. The van der Waals surface area contributed by atoms with E-state index in [0.29, 0.717) is 5.56 Å². The monoisotopic (exact) mass is 444 g/mol. The lowest BCUT2D eigenvalue weighted by Gasteiger charge is -2.18. The van der Waals surface area contributed by atoms with Gasteiger partial charge in [0.1, 0.15) is 5.82 Å². The van der Waals surface area contributed by atoms with Crippen LogP contribution in [0.2, 0.25) is 0 Å².